The van der Waals surface area contributed by atoms with Crippen molar-refractivity contribution in [1.29, 1.82) is 0 Å². The molecule has 1 atom stereocenters. The second-order valence-electron chi connectivity index (χ2n) is 8.82. The van der Waals surface area contributed by atoms with Crippen molar-refractivity contribution in [3.63, 3.8) is 0 Å². The zero-order valence-corrected chi connectivity index (χ0v) is 23.8. The fourth-order valence-corrected chi connectivity index (χ4v) is 9.07. The number of allylic oxidation sites excluding steroid dienone is 1. The standard InChI is InChI=1S/C22H25.C2H7GeO.2ClH.Ti/c1-5-7-16-14-18-8-6-9-20(21(18)15-16)17-10-12-19(13-11-17)22(2,3)4;1-3(2)4;;;/h6,8-15H,5,7H2,1-4H3;3H,1-2H3;2*1H;/q;-1;;;+3/p-2. The molecule has 2 aromatic carbocycles. The van der Waals surface area contributed by atoms with Crippen molar-refractivity contribution in [3.8, 4) is 11.1 Å². The summed E-state index contributed by atoms with van der Waals surface area (Å²) in [6, 6.07) is 16.0. The van der Waals surface area contributed by atoms with Gasteiger partial charge in [0.2, 0.25) is 0 Å². The zero-order valence-electron chi connectivity index (χ0n) is 18.4. The molecule has 0 heterocycles. The Morgan fingerprint density at radius 2 is 1.66 bits per heavy atom. The first-order chi connectivity index (χ1) is 12.8. The van der Waals surface area contributed by atoms with Gasteiger partial charge in [0.15, 0.2) is 0 Å². The summed E-state index contributed by atoms with van der Waals surface area (Å²) >= 11 is -1.80. The normalized spacial score (nSPS) is 15.1. The van der Waals surface area contributed by atoms with Crippen molar-refractivity contribution in [1.82, 2.24) is 0 Å². The van der Waals surface area contributed by atoms with Crippen LogP contribution in [0.5, 0.6) is 0 Å². The minimum Gasteiger partial charge on any atom is -1.00 e. The van der Waals surface area contributed by atoms with E-state index in [0.29, 0.717) is 4.22 Å². The molecular weight excluding hydrogens is 496 g/mol. The maximum atomic E-state index is 6.33. The van der Waals surface area contributed by atoms with E-state index in [0.717, 1.165) is 0 Å². The van der Waals surface area contributed by atoms with Gasteiger partial charge in [0.05, 0.1) is 0 Å². The van der Waals surface area contributed by atoms with Crippen molar-refractivity contribution in [2.75, 3.05) is 0 Å². The molecule has 0 saturated carbocycles. The van der Waals surface area contributed by atoms with E-state index in [2.05, 4.69) is 87.7 Å². The minimum absolute atomic E-state index is 0. The molecule has 156 valence electrons. The van der Waals surface area contributed by atoms with Gasteiger partial charge in [-0.1, -0.05) is 0 Å². The Balaban J connectivity index is 0.00000210. The average Bonchev–Trinajstić information content (AvgIpc) is 2.97. The predicted octanol–water partition coefficient (Wildman–Crippen LogP) is 0.895. The number of rotatable bonds is 6. The Kier molecular flexibility index (Phi) is 10.8. The van der Waals surface area contributed by atoms with Crippen molar-refractivity contribution in [2.24, 2.45) is 0 Å². The molecule has 29 heavy (non-hydrogen) atoms. The molecule has 0 aliphatic heterocycles. The van der Waals surface area contributed by atoms with Gasteiger partial charge >= 0.3 is 180 Å². The van der Waals surface area contributed by atoms with Crippen LogP contribution in [0.1, 0.15) is 61.4 Å². The largest absolute Gasteiger partial charge is 1.00 e. The first-order valence-corrected chi connectivity index (χ1v) is 17.5. The van der Waals surface area contributed by atoms with Crippen LogP contribution in [0.2, 0.25) is 11.5 Å². The molecule has 0 aromatic heterocycles. The number of benzene rings is 2. The van der Waals surface area contributed by atoms with E-state index in [1.165, 1.54) is 40.7 Å². The molecule has 1 aliphatic rings. The molecule has 0 fully saturated rings. The third-order valence-electron chi connectivity index (χ3n) is 5.17. The summed E-state index contributed by atoms with van der Waals surface area (Å²) in [7, 11) is 0. The van der Waals surface area contributed by atoms with Gasteiger partial charge in [-0.2, -0.15) is 0 Å². The second-order valence-corrected chi connectivity index (χ2v) is 16.9. The Morgan fingerprint density at radius 1 is 1.00 bits per heavy atom. The van der Waals surface area contributed by atoms with Crippen LogP contribution in [0, 0.1) is 0 Å². The van der Waals surface area contributed by atoms with Gasteiger partial charge in [-0.15, -0.1) is 0 Å². The number of halogens is 2. The van der Waals surface area contributed by atoms with Gasteiger partial charge in [-0.05, 0) is 0 Å². The molecule has 3 rings (SSSR count). The summed E-state index contributed by atoms with van der Waals surface area (Å²) < 4.78 is 6.90. The van der Waals surface area contributed by atoms with Gasteiger partial charge in [0.25, 0.3) is 0 Å². The van der Waals surface area contributed by atoms with E-state index in [9.17, 15) is 0 Å². The van der Waals surface area contributed by atoms with Crippen LogP contribution in [0.15, 0.2) is 48.0 Å². The van der Waals surface area contributed by atoms with Crippen LogP contribution in [0.4, 0.5) is 0 Å². The zero-order chi connectivity index (χ0) is 19.6. The summed E-state index contributed by atoms with van der Waals surface area (Å²) in [5, 5.41) is 0. The summed E-state index contributed by atoms with van der Waals surface area (Å²) in [6.45, 7) is 9.11. The maximum absolute atomic E-state index is 6.33. The van der Waals surface area contributed by atoms with Gasteiger partial charge in [0, 0.05) is 0 Å². The minimum atomic E-state index is -1.40. The SMILES string of the molecule is CCCC1=Cc2c(-c3ccc(C(C)(C)C)cc3)cccc2[CH]1[Ti+2][O][GeH]([CH3])[CH3].[Cl-].[Cl-]. The van der Waals surface area contributed by atoms with Gasteiger partial charge in [-0.3, -0.25) is 0 Å². The number of hydrogen-bond acceptors (Lipinski definition) is 1. The van der Waals surface area contributed by atoms with Crippen LogP contribution in [0.3, 0.4) is 0 Å². The molecule has 1 aliphatic carbocycles. The average molecular weight is 528 g/mol. The summed E-state index contributed by atoms with van der Waals surface area (Å²) in [5.74, 6) is 4.67. The molecule has 0 radical (unpaired) electrons. The van der Waals surface area contributed by atoms with Gasteiger partial charge in [-0.25, -0.2) is 0 Å². The molecular formula is C24H32Cl2GeOTi. The predicted molar refractivity (Wildman–Crippen MR) is 116 cm³/mol. The topological polar surface area (TPSA) is 9.23 Å². The van der Waals surface area contributed by atoms with E-state index in [-0.39, 0.29) is 30.2 Å². The summed E-state index contributed by atoms with van der Waals surface area (Å²) in [5.41, 5.74) is 8.85. The first-order valence-electron chi connectivity index (χ1n) is 10.2. The second kappa shape index (κ2) is 11.6. The van der Waals surface area contributed by atoms with E-state index in [1.807, 2.05) is 0 Å². The van der Waals surface area contributed by atoms with Crippen molar-refractivity contribution in [3.05, 3.63) is 64.7 Å². The van der Waals surface area contributed by atoms with Crippen LogP contribution in [-0.4, -0.2) is 14.7 Å². The maximum Gasteiger partial charge on any atom is -1.00 e. The molecule has 0 spiro atoms. The fraction of sp³-hybridized carbons (Fsp3) is 0.417. The molecule has 0 saturated heterocycles. The molecule has 1 unspecified atom stereocenters. The van der Waals surface area contributed by atoms with Crippen molar-refractivity contribution in [2.45, 2.75) is 61.7 Å². The van der Waals surface area contributed by atoms with E-state index >= 15 is 0 Å². The third-order valence-corrected chi connectivity index (χ3v) is 12.8. The Morgan fingerprint density at radius 3 is 2.21 bits per heavy atom. The molecule has 0 N–H and O–H groups in total. The van der Waals surface area contributed by atoms with Crippen LogP contribution >= 0.6 is 0 Å². The van der Waals surface area contributed by atoms with Crippen LogP contribution in [0.25, 0.3) is 17.2 Å². The monoisotopic (exact) mass is 528 g/mol. The smallest absolute Gasteiger partial charge is 1.00 e. The third kappa shape index (κ3) is 6.48. The Bertz CT molecular complexity index is 826. The first kappa shape index (κ1) is 27.0. The van der Waals surface area contributed by atoms with Crippen molar-refractivity contribution < 1.29 is 46.7 Å². The van der Waals surface area contributed by atoms with Crippen molar-refractivity contribution >= 4 is 20.8 Å². The summed E-state index contributed by atoms with van der Waals surface area (Å²) in [4.78, 5) is 0. The number of fused-ring (bicyclic) bond motifs is 1. The van der Waals surface area contributed by atoms with Gasteiger partial charge in [0.1, 0.15) is 0 Å². The van der Waals surface area contributed by atoms with E-state index in [1.54, 1.807) is 5.57 Å². The molecule has 0 bridgehead atoms. The molecule has 1 nitrogen and oxygen atoms in total. The van der Waals surface area contributed by atoms with Crippen LogP contribution < -0.4 is 24.8 Å². The molecule has 5 heteroatoms. The van der Waals surface area contributed by atoms with Gasteiger partial charge < -0.3 is 24.8 Å². The summed E-state index contributed by atoms with van der Waals surface area (Å²) in [6.07, 6.45) is 4.89. The fourth-order valence-electron chi connectivity index (χ4n) is 3.71. The quantitative estimate of drug-likeness (QED) is 0.507. The van der Waals surface area contributed by atoms with Crippen LogP contribution in [-0.2, 0) is 27.3 Å². The Hall–Kier alpha value is -0.0229. The Labute approximate surface area is 203 Å². The van der Waals surface area contributed by atoms with E-state index < -0.39 is 34.2 Å². The molecule has 0 amide bonds. The molecule has 2 aromatic rings. The van der Waals surface area contributed by atoms with E-state index in [4.69, 9.17) is 2.35 Å². The number of hydrogen-bond donors (Lipinski definition) is 0.